The lowest BCUT2D eigenvalue weighted by molar-refractivity contribution is 0.255. The van der Waals surface area contributed by atoms with Gasteiger partial charge in [-0.1, -0.05) is 48.5 Å². The molecule has 0 bridgehead atoms. The highest BCUT2D eigenvalue weighted by Crippen LogP contribution is 2.25. The van der Waals surface area contributed by atoms with Crippen molar-refractivity contribution in [1.29, 1.82) is 0 Å². The summed E-state index contributed by atoms with van der Waals surface area (Å²) in [5, 5.41) is 15.2. The summed E-state index contributed by atoms with van der Waals surface area (Å²) < 4.78 is 61.3. The molecule has 300 valence electrons. The zero-order chi connectivity index (χ0) is 41.8. The molecule has 0 unspecified atom stereocenters. The standard InChI is InChI=1S/C40H34N8O9S2/c49-37(41-27-9-3-1-4-10-27)45-31-13-7-15-35(25-31)58(53,54)47-39(51)43-29-17-21-33(22-18-29)57-34-23-19-30(20-24-34)44-40(52)48-59(55,56)36-16-8-14-32(26-36)46-38(50)42-28-11-5-2-6-12-28/h1-26H,(H2,41,45,49)(H2,42,46,50)(H2,43,47,51)(H2,44,48,52). The van der Waals surface area contributed by atoms with E-state index in [0.717, 1.165) is 0 Å². The summed E-state index contributed by atoms with van der Waals surface area (Å²) in [6.45, 7) is 0. The van der Waals surface area contributed by atoms with Gasteiger partial charge in [-0.3, -0.25) is 0 Å². The van der Waals surface area contributed by atoms with Crippen LogP contribution in [0.5, 0.6) is 11.5 Å². The quantitative estimate of drug-likeness (QED) is 0.0599. The van der Waals surface area contributed by atoms with E-state index in [9.17, 15) is 36.0 Å². The Hall–Kier alpha value is -7.90. The molecule has 0 aromatic heterocycles. The third kappa shape index (κ3) is 12.0. The molecule has 0 atom stereocenters. The largest absolute Gasteiger partial charge is 0.457 e. The molecule has 17 nitrogen and oxygen atoms in total. The van der Waals surface area contributed by atoms with Crippen LogP contribution < -0.4 is 46.1 Å². The summed E-state index contributed by atoms with van der Waals surface area (Å²) in [4.78, 5) is 49.3. The molecule has 59 heavy (non-hydrogen) atoms. The Morgan fingerprint density at radius 3 is 1.02 bits per heavy atom. The normalized spacial score (nSPS) is 10.9. The lowest BCUT2D eigenvalue weighted by Gasteiger charge is -2.12. The van der Waals surface area contributed by atoms with Gasteiger partial charge >= 0.3 is 24.1 Å². The second-order valence-corrected chi connectivity index (χ2v) is 15.6. The summed E-state index contributed by atoms with van der Waals surface area (Å²) in [5.74, 6) is 0.700. The van der Waals surface area contributed by atoms with E-state index in [-0.39, 0.29) is 32.5 Å². The SMILES string of the molecule is O=C(Nc1ccccc1)Nc1cccc(S(=O)(=O)NC(=O)Nc2ccc(Oc3ccc(NC(=O)NS(=O)(=O)c4cccc(NC(=O)Nc5ccccc5)c4)cc3)cc2)c1. The van der Waals surface area contributed by atoms with Gasteiger partial charge in [0.15, 0.2) is 0 Å². The van der Waals surface area contributed by atoms with E-state index in [0.29, 0.717) is 22.9 Å². The fraction of sp³-hybridized carbons (Fsp3) is 0. The van der Waals surface area contributed by atoms with Crippen LogP contribution in [-0.2, 0) is 20.0 Å². The summed E-state index contributed by atoms with van der Waals surface area (Å²) >= 11 is 0. The van der Waals surface area contributed by atoms with Crippen LogP contribution in [0.1, 0.15) is 0 Å². The van der Waals surface area contributed by atoms with Crippen LogP contribution in [0.15, 0.2) is 168 Å². The van der Waals surface area contributed by atoms with Crippen molar-refractivity contribution in [2.45, 2.75) is 9.79 Å². The van der Waals surface area contributed by atoms with Crippen molar-refractivity contribution in [2.24, 2.45) is 0 Å². The van der Waals surface area contributed by atoms with Gasteiger partial charge in [0.2, 0.25) is 0 Å². The summed E-state index contributed by atoms with van der Waals surface area (Å²) in [7, 11) is -8.65. The predicted molar refractivity (Wildman–Crippen MR) is 223 cm³/mol. The van der Waals surface area contributed by atoms with Crippen molar-refractivity contribution < 1.29 is 40.8 Å². The lowest BCUT2D eigenvalue weighted by atomic mass is 10.3. The zero-order valence-corrected chi connectivity index (χ0v) is 32.1. The molecule has 6 aromatic carbocycles. The lowest BCUT2D eigenvalue weighted by Crippen LogP contribution is -2.34. The molecule has 0 saturated heterocycles. The Bertz CT molecular complexity index is 2500. The van der Waals surface area contributed by atoms with E-state index in [2.05, 4.69) is 31.9 Å². The number of anilines is 6. The maximum Gasteiger partial charge on any atom is 0.333 e. The van der Waals surface area contributed by atoms with Gasteiger partial charge in [-0.2, -0.15) is 0 Å². The molecule has 6 rings (SSSR count). The number of amides is 8. The summed E-state index contributed by atoms with van der Waals surface area (Å²) in [6.07, 6.45) is 0. The zero-order valence-electron chi connectivity index (χ0n) is 30.5. The molecule has 0 aliphatic rings. The van der Waals surface area contributed by atoms with Crippen LogP contribution in [0.4, 0.5) is 53.3 Å². The Kier molecular flexibility index (Phi) is 12.7. The molecule has 0 aliphatic carbocycles. The number of para-hydroxylation sites is 2. The molecule has 19 heteroatoms. The Balaban J connectivity index is 0.960. The van der Waals surface area contributed by atoms with Gasteiger partial charge in [-0.15, -0.1) is 0 Å². The van der Waals surface area contributed by atoms with Gasteiger partial charge in [0, 0.05) is 34.1 Å². The number of benzene rings is 6. The molecular weight excluding hydrogens is 801 g/mol. The number of ether oxygens (including phenoxy) is 1. The maximum atomic E-state index is 12.9. The van der Waals surface area contributed by atoms with E-state index in [1.165, 1.54) is 97.1 Å². The highest BCUT2D eigenvalue weighted by Gasteiger charge is 2.20. The first kappa shape index (κ1) is 40.8. The second-order valence-electron chi connectivity index (χ2n) is 12.2. The number of carbonyl (C=O) groups excluding carboxylic acids is 4. The smallest absolute Gasteiger partial charge is 0.333 e. The number of sulfonamides is 2. The minimum Gasteiger partial charge on any atom is -0.457 e. The molecule has 0 fully saturated rings. The highest BCUT2D eigenvalue weighted by molar-refractivity contribution is 7.90. The average Bonchev–Trinajstić information content (AvgIpc) is 3.20. The number of hydrogen-bond acceptors (Lipinski definition) is 9. The van der Waals surface area contributed by atoms with E-state index in [4.69, 9.17) is 4.74 Å². The summed E-state index contributed by atoms with van der Waals surface area (Å²) in [5.41, 5.74) is 1.93. The number of hydrogen-bond donors (Lipinski definition) is 8. The van der Waals surface area contributed by atoms with Crippen molar-refractivity contribution in [2.75, 3.05) is 31.9 Å². The van der Waals surface area contributed by atoms with E-state index < -0.39 is 44.2 Å². The third-order valence-electron chi connectivity index (χ3n) is 7.78. The van der Waals surface area contributed by atoms with Gasteiger partial charge < -0.3 is 36.6 Å². The minimum atomic E-state index is -4.33. The van der Waals surface area contributed by atoms with E-state index in [1.54, 1.807) is 60.7 Å². The maximum absolute atomic E-state index is 12.9. The first-order valence-corrected chi connectivity index (χ1v) is 20.3. The van der Waals surface area contributed by atoms with Gasteiger partial charge in [-0.05, 0) is 109 Å². The number of carbonyl (C=O) groups is 4. The second kappa shape index (κ2) is 18.4. The molecule has 8 amide bonds. The Labute approximate surface area is 338 Å². The molecule has 6 aromatic rings. The average molecular weight is 835 g/mol. The van der Waals surface area contributed by atoms with E-state index in [1.807, 2.05) is 9.44 Å². The van der Waals surface area contributed by atoms with Crippen LogP contribution in [0, 0.1) is 0 Å². The summed E-state index contributed by atoms with van der Waals surface area (Å²) in [6, 6.07) is 36.8. The Morgan fingerprint density at radius 2 is 0.644 bits per heavy atom. The fourth-order valence-corrected chi connectivity index (χ4v) is 7.04. The van der Waals surface area contributed by atoms with Crippen molar-refractivity contribution in [3.8, 4) is 11.5 Å². The van der Waals surface area contributed by atoms with Crippen LogP contribution in [-0.4, -0.2) is 41.0 Å². The van der Waals surface area contributed by atoms with Gasteiger partial charge in [-0.25, -0.2) is 45.5 Å². The highest BCUT2D eigenvalue weighted by atomic mass is 32.2. The first-order valence-electron chi connectivity index (χ1n) is 17.3. The van der Waals surface area contributed by atoms with Gasteiger partial charge in [0.1, 0.15) is 11.5 Å². The number of rotatable bonds is 12. The topological polar surface area (TPSA) is 242 Å². The monoisotopic (exact) mass is 834 g/mol. The van der Waals surface area contributed by atoms with Crippen molar-refractivity contribution >= 4 is 78.3 Å². The van der Waals surface area contributed by atoms with Crippen molar-refractivity contribution in [3.05, 3.63) is 158 Å². The predicted octanol–water partition coefficient (Wildman–Crippen LogP) is 7.79. The molecule has 0 heterocycles. The van der Waals surface area contributed by atoms with Crippen LogP contribution in [0.25, 0.3) is 0 Å². The first-order chi connectivity index (χ1) is 28.3. The molecule has 8 N–H and O–H groups in total. The fourth-order valence-electron chi connectivity index (χ4n) is 5.14. The van der Waals surface area contributed by atoms with Gasteiger partial charge in [0.05, 0.1) is 9.79 Å². The number of urea groups is 4. The molecule has 0 radical (unpaired) electrons. The Morgan fingerprint density at radius 1 is 0.339 bits per heavy atom. The van der Waals surface area contributed by atoms with Crippen LogP contribution in [0.3, 0.4) is 0 Å². The van der Waals surface area contributed by atoms with E-state index >= 15 is 0 Å². The van der Waals surface area contributed by atoms with Crippen molar-refractivity contribution in [1.82, 2.24) is 9.44 Å². The van der Waals surface area contributed by atoms with Crippen molar-refractivity contribution in [3.63, 3.8) is 0 Å². The molecule has 0 spiro atoms. The molecule has 0 saturated carbocycles. The van der Waals surface area contributed by atoms with Crippen LogP contribution in [0.2, 0.25) is 0 Å². The molecule has 0 aliphatic heterocycles. The third-order valence-corrected chi connectivity index (χ3v) is 10.4. The van der Waals surface area contributed by atoms with Crippen LogP contribution >= 0.6 is 0 Å². The number of nitrogens with one attached hydrogen (secondary N) is 8. The minimum absolute atomic E-state index is 0.181. The van der Waals surface area contributed by atoms with Gasteiger partial charge in [0.25, 0.3) is 20.0 Å². The molecular formula is C40H34N8O9S2.